The summed E-state index contributed by atoms with van der Waals surface area (Å²) in [5, 5.41) is 0. The van der Waals surface area contributed by atoms with Crippen LogP contribution < -0.4 is 0 Å². The van der Waals surface area contributed by atoms with Gasteiger partial charge in [-0.25, -0.2) is 4.79 Å². The van der Waals surface area contributed by atoms with Gasteiger partial charge in [-0.1, -0.05) is 26.3 Å². The first-order chi connectivity index (χ1) is 8.51. The summed E-state index contributed by atoms with van der Waals surface area (Å²) >= 11 is 0. The lowest BCUT2D eigenvalue weighted by Crippen LogP contribution is -2.50. The van der Waals surface area contributed by atoms with E-state index in [1.165, 1.54) is 0 Å². The Kier molecular flexibility index (Phi) is 7.72. The summed E-state index contributed by atoms with van der Waals surface area (Å²) in [6, 6.07) is 0. The number of hydrogen-bond donors (Lipinski definition) is 0. The highest BCUT2D eigenvalue weighted by molar-refractivity contribution is 5.86. The van der Waals surface area contributed by atoms with Gasteiger partial charge in [0.1, 0.15) is 13.2 Å². The molecule has 0 radical (unpaired) electrons. The van der Waals surface area contributed by atoms with Gasteiger partial charge >= 0.3 is 5.97 Å². The topological polar surface area (TPSA) is 26.3 Å². The van der Waals surface area contributed by atoms with E-state index in [0.717, 1.165) is 24.1 Å². The number of ether oxygens (including phenoxy) is 1. The Morgan fingerprint density at radius 2 is 1.56 bits per heavy atom. The van der Waals surface area contributed by atoms with Crippen LogP contribution in [0.3, 0.4) is 0 Å². The molecule has 0 atom stereocenters. The maximum Gasteiger partial charge on any atom is 0.333 e. The summed E-state index contributed by atoms with van der Waals surface area (Å²) < 4.78 is 5.86. The maximum absolute atomic E-state index is 11.3. The molecule has 0 saturated carbocycles. The highest BCUT2D eigenvalue weighted by atomic mass is 16.5. The van der Waals surface area contributed by atoms with Crippen LogP contribution in [0.25, 0.3) is 0 Å². The highest BCUT2D eigenvalue weighted by Gasteiger charge is 2.23. The lowest BCUT2D eigenvalue weighted by atomic mass is 10.3. The Labute approximate surface area is 110 Å². The monoisotopic (exact) mass is 250 g/mol. The Hall–Kier alpha value is -1.61. The fourth-order valence-electron chi connectivity index (χ4n) is 1.77. The average molecular weight is 250 g/mol. The number of nitrogens with zero attached hydrogens (tertiary/aromatic N) is 1. The van der Waals surface area contributed by atoms with Crippen LogP contribution in [0.5, 0.6) is 0 Å². The third kappa shape index (κ3) is 5.64. The van der Waals surface area contributed by atoms with Crippen molar-refractivity contribution in [1.29, 1.82) is 0 Å². The second-order valence-electron chi connectivity index (χ2n) is 4.40. The van der Waals surface area contributed by atoms with Gasteiger partial charge in [0.25, 0.3) is 0 Å². The Balaban J connectivity index is 4.51. The molecule has 3 heteroatoms. The van der Waals surface area contributed by atoms with Crippen molar-refractivity contribution in [1.82, 2.24) is 0 Å². The second-order valence-corrected chi connectivity index (χ2v) is 4.40. The Morgan fingerprint density at radius 3 is 1.89 bits per heavy atom. The van der Waals surface area contributed by atoms with E-state index in [9.17, 15) is 4.79 Å². The molecule has 0 aromatic carbocycles. The van der Waals surface area contributed by atoms with Crippen LogP contribution in [0.1, 0.15) is 6.92 Å². The van der Waals surface area contributed by atoms with E-state index in [4.69, 9.17) is 4.74 Å². The molecule has 0 heterocycles. The van der Waals surface area contributed by atoms with Crippen LogP contribution in [0.2, 0.25) is 0 Å². The minimum atomic E-state index is -0.344. The molecule has 100 valence electrons. The molecular formula is C15H24NO2+. The van der Waals surface area contributed by atoms with Gasteiger partial charge in [0.15, 0.2) is 0 Å². The first-order valence-electron chi connectivity index (χ1n) is 6.01. The largest absolute Gasteiger partial charge is 0.456 e. The molecule has 18 heavy (non-hydrogen) atoms. The van der Waals surface area contributed by atoms with Gasteiger partial charge in [0.2, 0.25) is 0 Å². The predicted octanol–water partition coefficient (Wildman–Crippen LogP) is 2.48. The molecule has 0 bridgehead atoms. The van der Waals surface area contributed by atoms with Crippen LogP contribution in [0.4, 0.5) is 0 Å². The van der Waals surface area contributed by atoms with Gasteiger partial charge in [-0.3, -0.25) is 0 Å². The molecule has 0 aromatic rings. The quantitative estimate of drug-likeness (QED) is 0.258. The third-order valence-electron chi connectivity index (χ3n) is 2.70. The van der Waals surface area contributed by atoms with E-state index in [1.54, 1.807) is 6.92 Å². The molecule has 0 unspecified atom stereocenters. The van der Waals surface area contributed by atoms with Gasteiger partial charge < -0.3 is 9.22 Å². The first kappa shape index (κ1) is 16.4. The molecule has 0 N–H and O–H groups in total. The smallest absolute Gasteiger partial charge is 0.333 e. The summed E-state index contributed by atoms with van der Waals surface area (Å²) in [6.45, 7) is 20.0. The van der Waals surface area contributed by atoms with Crippen LogP contribution in [0.15, 0.2) is 50.1 Å². The van der Waals surface area contributed by atoms with E-state index in [-0.39, 0.29) is 5.97 Å². The Morgan fingerprint density at radius 1 is 1.11 bits per heavy atom. The van der Waals surface area contributed by atoms with Gasteiger partial charge in [0, 0.05) is 5.57 Å². The van der Waals surface area contributed by atoms with Crippen molar-refractivity contribution in [2.75, 3.05) is 32.8 Å². The van der Waals surface area contributed by atoms with Gasteiger partial charge in [-0.05, 0) is 25.2 Å². The minimum absolute atomic E-state index is 0.344. The molecule has 0 aliphatic rings. The summed E-state index contributed by atoms with van der Waals surface area (Å²) in [5.74, 6) is -0.344. The molecule has 0 fully saturated rings. The van der Waals surface area contributed by atoms with E-state index in [2.05, 4.69) is 26.3 Å². The van der Waals surface area contributed by atoms with Crippen LogP contribution in [-0.2, 0) is 9.53 Å². The lowest BCUT2D eigenvalue weighted by molar-refractivity contribution is -0.912. The van der Waals surface area contributed by atoms with Crippen molar-refractivity contribution >= 4 is 5.97 Å². The molecule has 0 aliphatic heterocycles. The number of rotatable bonds is 10. The summed E-state index contributed by atoms with van der Waals surface area (Å²) in [5.41, 5.74) is 0.421. The second kappa shape index (κ2) is 8.48. The number of carbonyl (C=O) groups excluding carboxylic acids is 1. The standard InChI is InChI=1S/C15H24NO2/c1-6-9-16(10-7-2,11-8-3)12-13-18-15(17)14(4)5/h6-8H,1-4,9-13H2,5H3/q+1. The van der Waals surface area contributed by atoms with Crippen molar-refractivity contribution < 1.29 is 14.0 Å². The van der Waals surface area contributed by atoms with Crippen LogP contribution in [-0.4, -0.2) is 43.2 Å². The van der Waals surface area contributed by atoms with E-state index < -0.39 is 0 Å². The number of quaternary nitrogens is 1. The first-order valence-corrected chi connectivity index (χ1v) is 6.01. The van der Waals surface area contributed by atoms with E-state index in [1.807, 2.05) is 18.2 Å². The van der Waals surface area contributed by atoms with Crippen molar-refractivity contribution in [3.63, 3.8) is 0 Å². The average Bonchev–Trinajstić information content (AvgIpc) is 2.29. The normalized spacial score (nSPS) is 10.5. The van der Waals surface area contributed by atoms with E-state index in [0.29, 0.717) is 18.7 Å². The molecule has 0 spiro atoms. The van der Waals surface area contributed by atoms with Crippen LogP contribution >= 0.6 is 0 Å². The minimum Gasteiger partial charge on any atom is -0.456 e. The third-order valence-corrected chi connectivity index (χ3v) is 2.70. The summed E-state index contributed by atoms with van der Waals surface area (Å²) in [6.07, 6.45) is 5.61. The van der Waals surface area contributed by atoms with Crippen molar-refractivity contribution in [3.8, 4) is 0 Å². The van der Waals surface area contributed by atoms with Crippen LogP contribution in [0, 0.1) is 0 Å². The molecule has 0 amide bonds. The zero-order valence-corrected chi connectivity index (χ0v) is 11.4. The van der Waals surface area contributed by atoms with Crippen molar-refractivity contribution in [2.45, 2.75) is 6.92 Å². The lowest BCUT2D eigenvalue weighted by Gasteiger charge is -2.35. The van der Waals surface area contributed by atoms with Crippen molar-refractivity contribution in [3.05, 3.63) is 50.1 Å². The number of carbonyl (C=O) groups is 1. The van der Waals surface area contributed by atoms with E-state index >= 15 is 0 Å². The molecule has 0 aromatic heterocycles. The summed E-state index contributed by atoms with van der Waals surface area (Å²) in [4.78, 5) is 11.3. The van der Waals surface area contributed by atoms with Gasteiger partial charge in [0.05, 0.1) is 19.6 Å². The van der Waals surface area contributed by atoms with Gasteiger partial charge in [-0.15, -0.1) is 0 Å². The Bertz CT molecular complexity index is 305. The predicted molar refractivity (Wildman–Crippen MR) is 76.1 cm³/mol. The highest BCUT2D eigenvalue weighted by Crippen LogP contribution is 2.08. The fraction of sp³-hybridized carbons (Fsp3) is 0.400. The van der Waals surface area contributed by atoms with Crippen molar-refractivity contribution in [2.24, 2.45) is 0 Å². The zero-order chi connectivity index (χ0) is 14.0. The molecule has 3 nitrogen and oxygen atoms in total. The molecule has 0 rings (SSSR count). The molecule has 0 aliphatic carbocycles. The fourth-order valence-corrected chi connectivity index (χ4v) is 1.77. The molecular weight excluding hydrogens is 226 g/mol. The number of hydrogen-bond acceptors (Lipinski definition) is 2. The number of esters is 1. The maximum atomic E-state index is 11.3. The summed E-state index contributed by atoms with van der Waals surface area (Å²) in [7, 11) is 0. The zero-order valence-electron chi connectivity index (χ0n) is 11.4. The van der Waals surface area contributed by atoms with Gasteiger partial charge in [-0.2, -0.15) is 0 Å². The SMILES string of the molecule is C=CC[N+](CC=C)(CC=C)CCOC(=O)C(=C)C. The molecule has 0 saturated heterocycles.